The summed E-state index contributed by atoms with van der Waals surface area (Å²) in [6.45, 7) is 3.46. The van der Waals surface area contributed by atoms with Crippen LogP contribution in [0.15, 0.2) is 18.2 Å². The molecule has 0 aromatic heterocycles. The number of nitrogens with zero attached hydrogens (tertiary/aromatic N) is 1. The fraction of sp³-hybridized carbons (Fsp3) is 0.588. The van der Waals surface area contributed by atoms with Crippen molar-refractivity contribution in [2.45, 2.75) is 44.3 Å². The number of aryl methyl sites for hydroxylation is 1. The quantitative estimate of drug-likeness (QED) is 0.907. The monoisotopic (exact) mass is 307 g/mol. The zero-order valence-electron chi connectivity index (χ0n) is 12.8. The molecule has 2 saturated heterocycles. The van der Waals surface area contributed by atoms with E-state index < -0.39 is 11.7 Å². The first kappa shape index (κ1) is 15.4. The normalized spacial score (nSPS) is 28.3. The Kier molecular flexibility index (Phi) is 4.19. The van der Waals surface area contributed by atoms with Gasteiger partial charge in [-0.25, -0.2) is 4.39 Å². The predicted molar refractivity (Wildman–Crippen MR) is 80.0 cm³/mol. The van der Waals surface area contributed by atoms with Gasteiger partial charge in [-0.05, 0) is 49.4 Å². The van der Waals surface area contributed by atoms with Crippen LogP contribution in [0.3, 0.4) is 0 Å². The molecule has 2 atom stereocenters. The van der Waals surface area contributed by atoms with Crippen molar-refractivity contribution in [3.05, 3.63) is 35.1 Å². The van der Waals surface area contributed by atoms with E-state index in [4.69, 9.17) is 4.74 Å². The Morgan fingerprint density at radius 3 is 3.05 bits per heavy atom. The average molecular weight is 307 g/mol. The van der Waals surface area contributed by atoms with Gasteiger partial charge in [0.15, 0.2) is 0 Å². The molecule has 2 aliphatic heterocycles. The summed E-state index contributed by atoms with van der Waals surface area (Å²) in [7, 11) is 0. The molecule has 22 heavy (non-hydrogen) atoms. The van der Waals surface area contributed by atoms with E-state index in [1.165, 1.54) is 12.1 Å². The molecule has 1 aromatic carbocycles. The third kappa shape index (κ3) is 2.88. The molecule has 2 aliphatic rings. The first-order valence-electron chi connectivity index (χ1n) is 7.85. The van der Waals surface area contributed by atoms with Gasteiger partial charge in [-0.15, -0.1) is 0 Å². The van der Waals surface area contributed by atoms with Gasteiger partial charge < -0.3 is 14.7 Å². The first-order chi connectivity index (χ1) is 10.5. The van der Waals surface area contributed by atoms with Crippen molar-refractivity contribution in [2.75, 3.05) is 19.7 Å². The number of piperidine rings is 1. The fourth-order valence-corrected chi connectivity index (χ4v) is 3.50. The van der Waals surface area contributed by atoms with E-state index in [1.54, 1.807) is 11.0 Å². The number of carbonyl (C=O) groups is 1. The third-order valence-electron chi connectivity index (χ3n) is 4.87. The van der Waals surface area contributed by atoms with E-state index in [2.05, 4.69) is 0 Å². The van der Waals surface area contributed by atoms with Crippen molar-refractivity contribution in [3.8, 4) is 0 Å². The molecule has 3 rings (SSSR count). The van der Waals surface area contributed by atoms with Crippen molar-refractivity contribution in [2.24, 2.45) is 0 Å². The van der Waals surface area contributed by atoms with Gasteiger partial charge in [0.1, 0.15) is 11.4 Å². The van der Waals surface area contributed by atoms with Gasteiger partial charge in [-0.2, -0.15) is 0 Å². The van der Waals surface area contributed by atoms with E-state index in [9.17, 15) is 14.3 Å². The van der Waals surface area contributed by atoms with Crippen molar-refractivity contribution >= 4 is 5.91 Å². The van der Waals surface area contributed by atoms with Crippen LogP contribution in [0.1, 0.15) is 30.4 Å². The zero-order chi connectivity index (χ0) is 15.7. The largest absolute Gasteiger partial charge is 0.390 e. The summed E-state index contributed by atoms with van der Waals surface area (Å²) in [4.78, 5) is 14.3. The minimum absolute atomic E-state index is 0.0106. The second-order valence-corrected chi connectivity index (χ2v) is 6.38. The van der Waals surface area contributed by atoms with Gasteiger partial charge in [-0.3, -0.25) is 4.79 Å². The van der Waals surface area contributed by atoms with Crippen molar-refractivity contribution in [1.82, 2.24) is 4.90 Å². The van der Waals surface area contributed by atoms with Crippen molar-refractivity contribution in [1.29, 1.82) is 0 Å². The summed E-state index contributed by atoms with van der Waals surface area (Å²) >= 11 is 0. The highest BCUT2D eigenvalue weighted by Gasteiger charge is 2.47. The molecule has 0 bridgehead atoms. The van der Waals surface area contributed by atoms with Crippen LogP contribution in [-0.4, -0.2) is 47.3 Å². The van der Waals surface area contributed by atoms with Crippen LogP contribution in [0.25, 0.3) is 0 Å². The summed E-state index contributed by atoms with van der Waals surface area (Å²) in [5, 5.41) is 10.2. The Balaban J connectivity index is 1.70. The lowest BCUT2D eigenvalue weighted by Gasteiger charge is -2.43. The average Bonchev–Trinajstić information content (AvgIpc) is 2.94. The van der Waals surface area contributed by atoms with Gasteiger partial charge >= 0.3 is 0 Å². The summed E-state index contributed by atoms with van der Waals surface area (Å²) in [6.07, 6.45) is 2.04. The molecule has 0 saturated carbocycles. The number of aliphatic hydroxyl groups excluding tert-OH is 1. The topological polar surface area (TPSA) is 49.8 Å². The number of likely N-dealkylation sites (tertiary alicyclic amines) is 1. The first-order valence-corrected chi connectivity index (χ1v) is 7.85. The number of rotatable bonds is 2. The lowest BCUT2D eigenvalue weighted by Crippen LogP contribution is -2.58. The minimum Gasteiger partial charge on any atom is -0.390 e. The smallest absolute Gasteiger partial charge is 0.227 e. The second-order valence-electron chi connectivity index (χ2n) is 6.38. The Bertz CT molecular complexity index is 569. The van der Waals surface area contributed by atoms with Gasteiger partial charge in [0.25, 0.3) is 0 Å². The van der Waals surface area contributed by atoms with Gasteiger partial charge in [0.05, 0.1) is 19.1 Å². The molecule has 0 unspecified atom stereocenters. The van der Waals surface area contributed by atoms with E-state index in [0.29, 0.717) is 26.1 Å². The molecule has 1 N–H and O–H groups in total. The van der Waals surface area contributed by atoms with Crippen LogP contribution in [0.2, 0.25) is 0 Å². The van der Waals surface area contributed by atoms with Gasteiger partial charge in [0, 0.05) is 13.2 Å². The molecule has 2 heterocycles. The predicted octanol–water partition coefficient (Wildman–Crippen LogP) is 1.82. The lowest BCUT2D eigenvalue weighted by atomic mass is 9.86. The lowest BCUT2D eigenvalue weighted by molar-refractivity contribution is -0.154. The Hall–Kier alpha value is -1.46. The number of amides is 1. The van der Waals surface area contributed by atoms with Crippen molar-refractivity contribution < 1.29 is 19.0 Å². The van der Waals surface area contributed by atoms with Crippen LogP contribution in [0, 0.1) is 12.7 Å². The Morgan fingerprint density at radius 1 is 1.55 bits per heavy atom. The standard InChI is InChI=1S/C17H22FNO3/c1-12-9-14(18)4-3-13(12)10-16(21)19-7-5-15(20)17(11-19)6-2-8-22-17/h3-4,9,15,20H,2,5-8,10-11H2,1H3/t15-,17-/m0/s1. The van der Waals surface area contributed by atoms with Crippen molar-refractivity contribution in [3.63, 3.8) is 0 Å². The number of hydrogen-bond donors (Lipinski definition) is 1. The molecule has 120 valence electrons. The zero-order valence-corrected chi connectivity index (χ0v) is 12.8. The summed E-state index contributed by atoms with van der Waals surface area (Å²) < 4.78 is 18.9. The Morgan fingerprint density at radius 2 is 2.36 bits per heavy atom. The Labute approximate surface area is 129 Å². The number of carbonyl (C=O) groups excluding carboxylic acids is 1. The van der Waals surface area contributed by atoms with Crippen LogP contribution >= 0.6 is 0 Å². The van der Waals surface area contributed by atoms with E-state index in [-0.39, 0.29) is 18.1 Å². The molecule has 4 nitrogen and oxygen atoms in total. The summed E-state index contributed by atoms with van der Waals surface area (Å²) in [5.41, 5.74) is 1.06. The van der Waals surface area contributed by atoms with Crippen LogP contribution in [-0.2, 0) is 16.0 Å². The number of halogens is 1. The van der Waals surface area contributed by atoms with E-state index >= 15 is 0 Å². The van der Waals surface area contributed by atoms with Crippen LogP contribution < -0.4 is 0 Å². The highest BCUT2D eigenvalue weighted by Crippen LogP contribution is 2.35. The SMILES string of the molecule is Cc1cc(F)ccc1CC(=O)N1CC[C@H](O)[C@]2(CCCO2)C1. The number of hydrogen-bond acceptors (Lipinski definition) is 3. The van der Waals surface area contributed by atoms with Gasteiger partial charge in [0.2, 0.25) is 5.91 Å². The maximum atomic E-state index is 13.1. The fourth-order valence-electron chi connectivity index (χ4n) is 3.50. The maximum absolute atomic E-state index is 13.1. The summed E-state index contributed by atoms with van der Waals surface area (Å²) in [6, 6.07) is 4.50. The number of aliphatic hydroxyl groups is 1. The molecule has 1 spiro atoms. The second kappa shape index (κ2) is 5.97. The van der Waals surface area contributed by atoms with E-state index in [0.717, 1.165) is 24.0 Å². The van der Waals surface area contributed by atoms with Crippen LogP contribution in [0.5, 0.6) is 0 Å². The maximum Gasteiger partial charge on any atom is 0.227 e. The molecular formula is C17H22FNO3. The van der Waals surface area contributed by atoms with Gasteiger partial charge in [-0.1, -0.05) is 6.07 Å². The highest BCUT2D eigenvalue weighted by atomic mass is 19.1. The number of ether oxygens (including phenoxy) is 1. The molecule has 0 radical (unpaired) electrons. The van der Waals surface area contributed by atoms with Crippen LogP contribution in [0.4, 0.5) is 4.39 Å². The highest BCUT2D eigenvalue weighted by molar-refractivity contribution is 5.79. The molecule has 1 aromatic rings. The molecule has 2 fully saturated rings. The molecule has 0 aliphatic carbocycles. The molecule has 1 amide bonds. The molecule has 5 heteroatoms. The minimum atomic E-state index is -0.578. The van der Waals surface area contributed by atoms with E-state index in [1.807, 2.05) is 6.92 Å². The molecular weight excluding hydrogens is 285 g/mol. The third-order valence-corrected chi connectivity index (χ3v) is 4.87. The summed E-state index contributed by atoms with van der Waals surface area (Å²) in [5.74, 6) is -0.274. The number of benzene rings is 1.